The fraction of sp³-hybridized carbons (Fsp3) is 0.353. The van der Waals surface area contributed by atoms with E-state index in [-0.39, 0.29) is 11.9 Å². The zero-order valence-corrected chi connectivity index (χ0v) is 13.2. The second kappa shape index (κ2) is 7.84. The van der Waals surface area contributed by atoms with Crippen LogP contribution in [0.25, 0.3) is 0 Å². The molecule has 2 rings (SSSR count). The number of hydrogen-bond acceptors (Lipinski definition) is 3. The Bertz CT molecular complexity index is 549. The number of nitrogens with one attached hydrogen (secondary N) is 1. The first-order valence-electron chi connectivity index (χ1n) is 7.36. The van der Waals surface area contributed by atoms with Crippen LogP contribution in [-0.4, -0.2) is 5.91 Å². The van der Waals surface area contributed by atoms with Gasteiger partial charge in [0, 0.05) is 17.0 Å². The Hall–Kier alpha value is -1.81. The number of nitrogens with two attached hydrogens (primary N) is 1. The summed E-state index contributed by atoms with van der Waals surface area (Å²) in [7, 11) is 0. The minimum absolute atomic E-state index is 0.110. The van der Waals surface area contributed by atoms with Crippen LogP contribution in [0.15, 0.2) is 41.8 Å². The summed E-state index contributed by atoms with van der Waals surface area (Å²) in [6.07, 6.45) is 3.29. The number of amides is 1. The fourth-order valence-corrected chi connectivity index (χ4v) is 3.08. The van der Waals surface area contributed by atoms with E-state index in [4.69, 9.17) is 5.73 Å². The smallest absolute Gasteiger partial charge is 0.220 e. The zero-order valence-electron chi connectivity index (χ0n) is 12.3. The number of benzene rings is 1. The molecule has 1 aromatic carbocycles. The Morgan fingerprint density at radius 2 is 2.05 bits per heavy atom. The minimum atomic E-state index is 0.110. The summed E-state index contributed by atoms with van der Waals surface area (Å²) in [4.78, 5) is 13.4. The van der Waals surface area contributed by atoms with E-state index < -0.39 is 0 Å². The molecular formula is C17H22N2OS. The molecule has 3 N–H and O–H groups in total. The Balaban J connectivity index is 1.86. The average Bonchev–Trinajstić information content (AvgIpc) is 3.00. The van der Waals surface area contributed by atoms with Gasteiger partial charge in [0.05, 0.1) is 6.04 Å². The van der Waals surface area contributed by atoms with Gasteiger partial charge in [0.2, 0.25) is 5.91 Å². The highest BCUT2D eigenvalue weighted by Gasteiger charge is 2.14. The van der Waals surface area contributed by atoms with Gasteiger partial charge in [0.15, 0.2) is 0 Å². The van der Waals surface area contributed by atoms with Crippen LogP contribution in [0.2, 0.25) is 0 Å². The van der Waals surface area contributed by atoms with Gasteiger partial charge in [0.1, 0.15) is 0 Å². The Morgan fingerprint density at radius 3 is 2.67 bits per heavy atom. The summed E-state index contributed by atoms with van der Waals surface area (Å²) >= 11 is 1.70. The molecule has 1 atom stereocenters. The number of nitrogen functional groups attached to an aromatic ring is 1. The molecule has 0 aliphatic rings. The molecule has 1 amide bonds. The molecule has 1 aromatic heterocycles. The van der Waals surface area contributed by atoms with Crippen molar-refractivity contribution in [2.45, 2.75) is 38.6 Å². The number of rotatable bonds is 7. The zero-order chi connectivity index (χ0) is 15.1. The number of anilines is 1. The van der Waals surface area contributed by atoms with Gasteiger partial charge in [-0.2, -0.15) is 0 Å². The van der Waals surface area contributed by atoms with Crippen LogP contribution in [0.4, 0.5) is 5.69 Å². The van der Waals surface area contributed by atoms with Gasteiger partial charge >= 0.3 is 0 Å². The number of carbonyl (C=O) groups excluding carboxylic acids is 1. The first-order chi connectivity index (χ1) is 10.2. The lowest BCUT2D eigenvalue weighted by atomic mass is 10.1. The van der Waals surface area contributed by atoms with E-state index in [1.54, 1.807) is 11.3 Å². The van der Waals surface area contributed by atoms with E-state index in [1.165, 1.54) is 4.88 Å². The second-order valence-electron chi connectivity index (χ2n) is 5.17. The van der Waals surface area contributed by atoms with Gasteiger partial charge in [-0.25, -0.2) is 0 Å². The third-order valence-corrected chi connectivity index (χ3v) is 4.41. The summed E-state index contributed by atoms with van der Waals surface area (Å²) in [6.45, 7) is 2.14. The van der Waals surface area contributed by atoms with Gasteiger partial charge < -0.3 is 11.1 Å². The normalized spacial score (nSPS) is 12.0. The highest BCUT2D eigenvalue weighted by Crippen LogP contribution is 2.23. The van der Waals surface area contributed by atoms with Gasteiger partial charge in [-0.05, 0) is 42.0 Å². The maximum absolute atomic E-state index is 12.1. The van der Waals surface area contributed by atoms with E-state index in [9.17, 15) is 4.79 Å². The van der Waals surface area contributed by atoms with Crippen molar-refractivity contribution in [1.82, 2.24) is 5.32 Å². The molecule has 0 saturated heterocycles. The molecule has 21 heavy (non-hydrogen) atoms. The third-order valence-electron chi connectivity index (χ3n) is 3.42. The third kappa shape index (κ3) is 4.90. The Labute approximate surface area is 130 Å². The monoisotopic (exact) mass is 302 g/mol. The molecule has 1 heterocycles. The Kier molecular flexibility index (Phi) is 5.81. The molecule has 0 spiro atoms. The number of hydrogen-bond donors (Lipinski definition) is 2. The molecular weight excluding hydrogens is 280 g/mol. The number of aryl methyl sites for hydroxylation is 1. The summed E-state index contributed by atoms with van der Waals surface area (Å²) < 4.78 is 0. The predicted molar refractivity (Wildman–Crippen MR) is 89.3 cm³/mol. The molecule has 112 valence electrons. The predicted octanol–water partition coefficient (Wildman–Crippen LogP) is 3.92. The molecule has 3 nitrogen and oxygen atoms in total. The molecule has 2 aromatic rings. The largest absolute Gasteiger partial charge is 0.399 e. The van der Waals surface area contributed by atoms with Gasteiger partial charge in [-0.3, -0.25) is 4.79 Å². The van der Waals surface area contributed by atoms with Crippen LogP contribution in [0.1, 0.15) is 42.7 Å². The lowest BCUT2D eigenvalue weighted by Crippen LogP contribution is -2.28. The highest BCUT2D eigenvalue weighted by atomic mass is 32.1. The van der Waals surface area contributed by atoms with Gasteiger partial charge in [0.25, 0.3) is 0 Å². The second-order valence-corrected chi connectivity index (χ2v) is 6.15. The highest BCUT2D eigenvalue weighted by molar-refractivity contribution is 7.10. The fourth-order valence-electron chi connectivity index (χ4n) is 2.27. The van der Waals surface area contributed by atoms with E-state index in [1.807, 2.05) is 30.3 Å². The standard InChI is InChI=1S/C17H22N2OS/c1-2-4-15(16-5-3-12-21-16)19-17(20)11-8-13-6-9-14(18)10-7-13/h3,5-7,9-10,12,15H,2,4,8,11,18H2,1H3,(H,19,20). The summed E-state index contributed by atoms with van der Waals surface area (Å²) in [6, 6.07) is 12.0. The van der Waals surface area contributed by atoms with Crippen LogP contribution < -0.4 is 11.1 Å². The lowest BCUT2D eigenvalue weighted by molar-refractivity contribution is -0.121. The first-order valence-corrected chi connectivity index (χ1v) is 8.24. The number of thiophene rings is 1. The number of carbonyl (C=O) groups is 1. The maximum atomic E-state index is 12.1. The molecule has 0 aliphatic carbocycles. The molecule has 4 heteroatoms. The summed E-state index contributed by atoms with van der Waals surface area (Å²) in [5, 5.41) is 5.20. The van der Waals surface area contributed by atoms with Gasteiger partial charge in [-0.1, -0.05) is 31.5 Å². The van der Waals surface area contributed by atoms with Crippen molar-refractivity contribution in [2.24, 2.45) is 0 Å². The Morgan fingerprint density at radius 1 is 1.29 bits per heavy atom. The van der Waals surface area contributed by atoms with E-state index in [0.29, 0.717) is 6.42 Å². The van der Waals surface area contributed by atoms with Gasteiger partial charge in [-0.15, -0.1) is 11.3 Å². The molecule has 0 bridgehead atoms. The minimum Gasteiger partial charge on any atom is -0.399 e. The van der Waals surface area contributed by atoms with Crippen molar-refractivity contribution in [3.63, 3.8) is 0 Å². The topological polar surface area (TPSA) is 55.1 Å². The molecule has 0 radical (unpaired) electrons. The quantitative estimate of drug-likeness (QED) is 0.762. The van der Waals surface area contributed by atoms with Crippen molar-refractivity contribution in [1.29, 1.82) is 0 Å². The van der Waals surface area contributed by atoms with E-state index in [2.05, 4.69) is 23.7 Å². The van der Waals surface area contributed by atoms with Crippen molar-refractivity contribution >= 4 is 22.9 Å². The molecule has 1 unspecified atom stereocenters. The average molecular weight is 302 g/mol. The SMILES string of the molecule is CCCC(NC(=O)CCc1ccc(N)cc1)c1cccs1. The van der Waals surface area contributed by atoms with E-state index in [0.717, 1.165) is 30.5 Å². The summed E-state index contributed by atoms with van der Waals surface area (Å²) in [5.74, 6) is 0.110. The van der Waals surface area contributed by atoms with Crippen molar-refractivity contribution < 1.29 is 4.79 Å². The van der Waals surface area contributed by atoms with Crippen LogP contribution in [0, 0.1) is 0 Å². The van der Waals surface area contributed by atoms with Crippen LogP contribution in [-0.2, 0) is 11.2 Å². The van der Waals surface area contributed by atoms with E-state index >= 15 is 0 Å². The van der Waals surface area contributed by atoms with Crippen LogP contribution >= 0.6 is 11.3 Å². The maximum Gasteiger partial charge on any atom is 0.220 e. The summed E-state index contributed by atoms with van der Waals surface area (Å²) in [5.41, 5.74) is 7.55. The molecule has 0 aliphatic heterocycles. The van der Waals surface area contributed by atoms with Crippen LogP contribution in [0.3, 0.4) is 0 Å². The van der Waals surface area contributed by atoms with Crippen LogP contribution in [0.5, 0.6) is 0 Å². The van der Waals surface area contributed by atoms with Crippen molar-refractivity contribution in [3.8, 4) is 0 Å². The molecule has 0 saturated carbocycles. The van der Waals surface area contributed by atoms with Crippen molar-refractivity contribution in [3.05, 3.63) is 52.2 Å². The molecule has 0 fully saturated rings. The first kappa shape index (κ1) is 15.6. The van der Waals surface area contributed by atoms with Crippen molar-refractivity contribution in [2.75, 3.05) is 5.73 Å². The lowest BCUT2D eigenvalue weighted by Gasteiger charge is -2.16.